The predicted molar refractivity (Wildman–Crippen MR) is 50.3 cm³/mol. The second kappa shape index (κ2) is 5.64. The fourth-order valence-electron chi connectivity index (χ4n) is 0.866. The van der Waals surface area contributed by atoms with Crippen LogP contribution in [0, 0.1) is 0 Å². The van der Waals surface area contributed by atoms with Gasteiger partial charge in [0.2, 0.25) is 5.88 Å². The summed E-state index contributed by atoms with van der Waals surface area (Å²) >= 11 is 0. The van der Waals surface area contributed by atoms with Crippen LogP contribution in [0.25, 0.3) is 0 Å². The van der Waals surface area contributed by atoms with Crippen LogP contribution in [0.3, 0.4) is 0 Å². The van der Waals surface area contributed by atoms with E-state index < -0.39 is 25.0 Å². The maximum Gasteiger partial charge on any atom is 0.574 e. The van der Waals surface area contributed by atoms with Crippen LogP contribution in [0.1, 0.15) is 0 Å². The molecule has 17 heavy (non-hydrogen) atoms. The molecule has 1 rings (SSSR count). The van der Waals surface area contributed by atoms with Crippen LogP contribution in [0.2, 0.25) is 0 Å². The third-order valence-corrected chi connectivity index (χ3v) is 1.58. The highest BCUT2D eigenvalue weighted by Crippen LogP contribution is 2.20. The molecule has 0 aromatic carbocycles. The summed E-state index contributed by atoms with van der Waals surface area (Å²) < 4.78 is 38.8. The summed E-state index contributed by atoms with van der Waals surface area (Å²) in [6.45, 7) is -0.430. The van der Waals surface area contributed by atoms with Crippen molar-refractivity contribution in [3.05, 3.63) is 12.4 Å². The van der Waals surface area contributed by atoms with Crippen molar-refractivity contribution in [1.82, 2.24) is 9.97 Å². The number of aliphatic hydroxyl groups is 2. The summed E-state index contributed by atoms with van der Waals surface area (Å²) in [7, 11) is 0. The van der Waals surface area contributed by atoms with Crippen LogP contribution >= 0.6 is 0 Å². The van der Waals surface area contributed by atoms with Gasteiger partial charge >= 0.3 is 6.36 Å². The number of alkyl halides is 3. The van der Waals surface area contributed by atoms with Gasteiger partial charge in [0.15, 0.2) is 0 Å². The largest absolute Gasteiger partial charge is 0.574 e. The van der Waals surface area contributed by atoms with Crippen LogP contribution in [0.15, 0.2) is 12.4 Å². The molecule has 9 heteroatoms. The summed E-state index contributed by atoms with van der Waals surface area (Å²) in [5.74, 6) is -0.516. The Morgan fingerprint density at radius 2 is 2.06 bits per heavy atom. The highest BCUT2D eigenvalue weighted by molar-refractivity contribution is 5.32. The molecule has 3 N–H and O–H groups in total. The molecule has 1 aromatic rings. The second-order valence-corrected chi connectivity index (χ2v) is 3.00. The quantitative estimate of drug-likeness (QED) is 0.692. The van der Waals surface area contributed by atoms with Gasteiger partial charge in [0.25, 0.3) is 0 Å². The van der Waals surface area contributed by atoms with Gasteiger partial charge in [0.1, 0.15) is 5.82 Å². The van der Waals surface area contributed by atoms with Crippen molar-refractivity contribution >= 4 is 5.82 Å². The van der Waals surface area contributed by atoms with E-state index in [1.54, 1.807) is 0 Å². The lowest BCUT2D eigenvalue weighted by Gasteiger charge is -2.10. The molecule has 96 valence electrons. The van der Waals surface area contributed by atoms with Gasteiger partial charge in [-0.25, -0.2) is 9.97 Å². The van der Waals surface area contributed by atoms with E-state index in [9.17, 15) is 13.2 Å². The van der Waals surface area contributed by atoms with E-state index in [-0.39, 0.29) is 12.4 Å². The SMILES string of the molecule is OCC(O)CNc1cnc(OC(F)(F)F)cn1. The number of hydrogen-bond acceptors (Lipinski definition) is 6. The molecule has 0 saturated carbocycles. The lowest BCUT2D eigenvalue weighted by Crippen LogP contribution is -2.23. The van der Waals surface area contributed by atoms with Crippen LogP contribution in [-0.4, -0.2) is 45.8 Å². The standard InChI is InChI=1S/C8H10F3N3O3/c9-8(10,11)17-7-3-13-6(2-14-7)12-1-5(16)4-15/h2-3,5,15-16H,1,4H2,(H,12,13). The van der Waals surface area contributed by atoms with E-state index >= 15 is 0 Å². The maximum absolute atomic E-state index is 11.8. The average molecular weight is 253 g/mol. The number of ether oxygens (including phenoxy) is 1. The van der Waals surface area contributed by atoms with E-state index in [2.05, 4.69) is 20.0 Å². The Morgan fingerprint density at radius 3 is 2.53 bits per heavy atom. The number of nitrogens with zero attached hydrogens (tertiary/aromatic N) is 2. The lowest BCUT2D eigenvalue weighted by molar-refractivity contribution is -0.276. The molecular weight excluding hydrogens is 243 g/mol. The Balaban J connectivity index is 2.50. The summed E-state index contributed by atoms with van der Waals surface area (Å²) in [6, 6.07) is 0. The first-order chi connectivity index (χ1) is 7.90. The molecule has 1 aromatic heterocycles. The fourth-order valence-corrected chi connectivity index (χ4v) is 0.866. The van der Waals surface area contributed by atoms with Crippen molar-refractivity contribution < 1.29 is 28.1 Å². The van der Waals surface area contributed by atoms with Gasteiger partial charge in [-0.2, -0.15) is 0 Å². The predicted octanol–water partition coefficient (Wildman–Crippen LogP) is 0.140. The van der Waals surface area contributed by atoms with E-state index in [0.717, 1.165) is 12.4 Å². The zero-order valence-electron chi connectivity index (χ0n) is 8.48. The molecule has 0 fully saturated rings. The Hall–Kier alpha value is -1.61. The first-order valence-electron chi connectivity index (χ1n) is 4.51. The van der Waals surface area contributed by atoms with Crippen LogP contribution < -0.4 is 10.1 Å². The van der Waals surface area contributed by atoms with Gasteiger partial charge in [0, 0.05) is 6.54 Å². The number of rotatable bonds is 5. The average Bonchev–Trinajstić information content (AvgIpc) is 2.25. The highest BCUT2D eigenvalue weighted by Gasteiger charge is 2.31. The van der Waals surface area contributed by atoms with E-state index in [1.807, 2.05) is 0 Å². The summed E-state index contributed by atoms with van der Waals surface area (Å²) in [6.07, 6.45) is -3.98. The minimum absolute atomic E-state index is 0.00462. The number of hydrogen-bond donors (Lipinski definition) is 3. The van der Waals surface area contributed by atoms with E-state index in [0.29, 0.717) is 0 Å². The third kappa shape index (κ3) is 5.31. The third-order valence-electron chi connectivity index (χ3n) is 1.58. The molecule has 0 saturated heterocycles. The first kappa shape index (κ1) is 13.5. The second-order valence-electron chi connectivity index (χ2n) is 3.00. The van der Waals surface area contributed by atoms with Crippen molar-refractivity contribution in [2.45, 2.75) is 12.5 Å². The lowest BCUT2D eigenvalue weighted by atomic mass is 10.4. The number of halogens is 3. The minimum atomic E-state index is -4.81. The molecule has 1 atom stereocenters. The molecule has 0 aliphatic rings. The fraction of sp³-hybridized carbons (Fsp3) is 0.500. The zero-order chi connectivity index (χ0) is 12.9. The molecule has 6 nitrogen and oxygen atoms in total. The van der Waals surface area contributed by atoms with Crippen molar-refractivity contribution in [3.8, 4) is 5.88 Å². The highest BCUT2D eigenvalue weighted by atomic mass is 19.4. The van der Waals surface area contributed by atoms with Gasteiger partial charge in [-0.1, -0.05) is 0 Å². The van der Waals surface area contributed by atoms with Gasteiger partial charge < -0.3 is 20.3 Å². The van der Waals surface area contributed by atoms with E-state index in [4.69, 9.17) is 10.2 Å². The van der Waals surface area contributed by atoms with Crippen LogP contribution in [0.4, 0.5) is 19.0 Å². The molecule has 0 aliphatic carbocycles. The molecule has 0 bridgehead atoms. The van der Waals surface area contributed by atoms with Crippen molar-refractivity contribution in [2.75, 3.05) is 18.5 Å². The number of anilines is 1. The van der Waals surface area contributed by atoms with Gasteiger partial charge in [0.05, 0.1) is 25.1 Å². The number of aromatic nitrogens is 2. The van der Waals surface area contributed by atoms with Crippen LogP contribution in [0.5, 0.6) is 5.88 Å². The summed E-state index contributed by atoms with van der Waals surface area (Å²) in [4.78, 5) is 6.93. The molecule has 0 radical (unpaired) electrons. The Morgan fingerprint density at radius 1 is 1.35 bits per heavy atom. The molecule has 1 unspecified atom stereocenters. The zero-order valence-corrected chi connectivity index (χ0v) is 8.48. The molecule has 1 heterocycles. The normalized spacial score (nSPS) is 13.2. The maximum atomic E-state index is 11.8. The van der Waals surface area contributed by atoms with E-state index in [1.165, 1.54) is 0 Å². The van der Waals surface area contributed by atoms with Gasteiger partial charge in [-0.15, -0.1) is 13.2 Å². The Bertz CT molecular complexity index is 344. The molecule has 0 spiro atoms. The van der Waals surface area contributed by atoms with Crippen molar-refractivity contribution in [1.29, 1.82) is 0 Å². The van der Waals surface area contributed by atoms with Crippen molar-refractivity contribution in [3.63, 3.8) is 0 Å². The Kier molecular flexibility index (Phi) is 4.46. The molecule has 0 aliphatic heterocycles. The number of nitrogens with one attached hydrogen (secondary N) is 1. The number of aliphatic hydroxyl groups excluding tert-OH is 2. The summed E-state index contributed by atoms with van der Waals surface area (Å²) in [5.41, 5.74) is 0. The molecule has 0 amide bonds. The topological polar surface area (TPSA) is 87.5 Å². The summed E-state index contributed by atoms with van der Waals surface area (Å²) in [5, 5.41) is 20.1. The van der Waals surface area contributed by atoms with Crippen molar-refractivity contribution in [2.24, 2.45) is 0 Å². The first-order valence-corrected chi connectivity index (χ1v) is 4.51. The molecular formula is C8H10F3N3O3. The minimum Gasteiger partial charge on any atom is -0.394 e. The van der Waals surface area contributed by atoms with Gasteiger partial charge in [-0.3, -0.25) is 0 Å². The monoisotopic (exact) mass is 253 g/mol. The van der Waals surface area contributed by atoms with Crippen LogP contribution in [-0.2, 0) is 0 Å². The van der Waals surface area contributed by atoms with Gasteiger partial charge in [-0.05, 0) is 0 Å². The Labute approximate surface area is 94.1 Å². The smallest absolute Gasteiger partial charge is 0.394 e.